The molecular formula is C16H20N6. The molecule has 2 aromatic heterocycles. The molecule has 3 rings (SSSR count). The number of hydrogen-bond donors (Lipinski definition) is 0. The number of aromatic nitrogens is 4. The minimum absolute atomic E-state index is 0.731. The SMILES string of the molecule is CN(C)c1ncnc2c1nc(N(C)C)n2Cc1ccccc1. The molecule has 114 valence electrons. The van der Waals surface area contributed by atoms with Crippen LogP contribution in [0.4, 0.5) is 11.8 Å². The van der Waals surface area contributed by atoms with Gasteiger partial charge in [-0.15, -0.1) is 0 Å². The molecule has 6 nitrogen and oxygen atoms in total. The maximum absolute atomic E-state index is 4.75. The van der Waals surface area contributed by atoms with E-state index in [0.29, 0.717) is 0 Å². The Labute approximate surface area is 130 Å². The number of imidazole rings is 1. The van der Waals surface area contributed by atoms with Gasteiger partial charge in [0, 0.05) is 28.2 Å². The van der Waals surface area contributed by atoms with Gasteiger partial charge in [-0.3, -0.25) is 4.57 Å². The van der Waals surface area contributed by atoms with Gasteiger partial charge >= 0.3 is 0 Å². The molecule has 0 amide bonds. The van der Waals surface area contributed by atoms with Gasteiger partial charge < -0.3 is 9.80 Å². The highest BCUT2D eigenvalue weighted by Crippen LogP contribution is 2.26. The van der Waals surface area contributed by atoms with Crippen molar-refractivity contribution in [1.82, 2.24) is 19.5 Å². The number of rotatable bonds is 4. The normalized spacial score (nSPS) is 10.9. The molecule has 0 spiro atoms. The van der Waals surface area contributed by atoms with E-state index < -0.39 is 0 Å². The molecule has 0 N–H and O–H groups in total. The number of hydrogen-bond acceptors (Lipinski definition) is 5. The largest absolute Gasteiger partial charge is 0.361 e. The maximum Gasteiger partial charge on any atom is 0.207 e. The second-order valence-corrected chi connectivity index (χ2v) is 5.64. The molecule has 0 aliphatic rings. The van der Waals surface area contributed by atoms with Gasteiger partial charge in [-0.2, -0.15) is 0 Å². The van der Waals surface area contributed by atoms with Gasteiger partial charge in [0.05, 0.1) is 6.54 Å². The van der Waals surface area contributed by atoms with Crippen LogP contribution < -0.4 is 9.80 Å². The molecule has 0 saturated carbocycles. The summed E-state index contributed by atoms with van der Waals surface area (Å²) in [5.74, 6) is 1.71. The van der Waals surface area contributed by atoms with Crippen molar-refractivity contribution in [2.75, 3.05) is 38.0 Å². The number of benzene rings is 1. The number of nitrogens with zero attached hydrogens (tertiary/aromatic N) is 6. The second kappa shape index (κ2) is 5.63. The standard InChI is InChI=1S/C16H20N6/c1-20(2)14-13-15(18-11-17-14)22(16(19-13)21(3)4)10-12-8-6-5-7-9-12/h5-9,11H,10H2,1-4H3. The van der Waals surface area contributed by atoms with E-state index in [9.17, 15) is 0 Å². The Balaban J connectivity index is 2.18. The molecule has 0 aliphatic carbocycles. The van der Waals surface area contributed by atoms with Gasteiger partial charge in [0.15, 0.2) is 17.0 Å². The molecule has 0 fully saturated rings. The van der Waals surface area contributed by atoms with Crippen molar-refractivity contribution >= 4 is 22.9 Å². The van der Waals surface area contributed by atoms with Crippen LogP contribution >= 0.6 is 0 Å². The van der Waals surface area contributed by atoms with Crippen LogP contribution in [0.2, 0.25) is 0 Å². The third-order valence-electron chi connectivity index (χ3n) is 3.50. The van der Waals surface area contributed by atoms with Crippen molar-refractivity contribution in [3.8, 4) is 0 Å². The second-order valence-electron chi connectivity index (χ2n) is 5.64. The van der Waals surface area contributed by atoms with Gasteiger partial charge in [-0.25, -0.2) is 15.0 Å². The summed E-state index contributed by atoms with van der Waals surface area (Å²) in [7, 11) is 7.91. The third-order valence-corrected chi connectivity index (χ3v) is 3.50. The van der Waals surface area contributed by atoms with E-state index in [0.717, 1.165) is 29.5 Å². The monoisotopic (exact) mass is 296 g/mol. The van der Waals surface area contributed by atoms with Crippen LogP contribution in [0.15, 0.2) is 36.7 Å². The summed E-state index contributed by atoms with van der Waals surface area (Å²) in [5, 5.41) is 0. The molecular weight excluding hydrogens is 276 g/mol. The van der Waals surface area contributed by atoms with Gasteiger partial charge in [-0.1, -0.05) is 30.3 Å². The van der Waals surface area contributed by atoms with E-state index >= 15 is 0 Å². The van der Waals surface area contributed by atoms with Crippen molar-refractivity contribution in [1.29, 1.82) is 0 Å². The summed E-state index contributed by atoms with van der Waals surface area (Å²) in [5.41, 5.74) is 2.90. The molecule has 1 aromatic carbocycles. The Hall–Kier alpha value is -2.63. The first-order valence-electron chi connectivity index (χ1n) is 7.17. The molecule has 0 unspecified atom stereocenters. The fourth-order valence-corrected chi connectivity index (χ4v) is 2.49. The van der Waals surface area contributed by atoms with Gasteiger partial charge in [0.1, 0.15) is 6.33 Å². The first kappa shape index (κ1) is 14.3. The lowest BCUT2D eigenvalue weighted by atomic mass is 10.2. The van der Waals surface area contributed by atoms with Gasteiger partial charge in [0.25, 0.3) is 0 Å². The molecule has 0 radical (unpaired) electrons. The maximum atomic E-state index is 4.75. The summed E-state index contributed by atoms with van der Waals surface area (Å²) in [6.45, 7) is 0.731. The van der Waals surface area contributed by atoms with Crippen LogP contribution in [0.1, 0.15) is 5.56 Å². The quantitative estimate of drug-likeness (QED) is 0.737. The minimum atomic E-state index is 0.731. The Kier molecular flexibility index (Phi) is 3.66. The van der Waals surface area contributed by atoms with Crippen molar-refractivity contribution in [2.45, 2.75) is 6.54 Å². The average Bonchev–Trinajstić information content (AvgIpc) is 2.87. The molecule has 0 bridgehead atoms. The zero-order valence-corrected chi connectivity index (χ0v) is 13.4. The van der Waals surface area contributed by atoms with Crippen molar-refractivity contribution in [2.24, 2.45) is 0 Å². The fraction of sp³-hybridized carbons (Fsp3) is 0.312. The summed E-state index contributed by atoms with van der Waals surface area (Å²) in [6.07, 6.45) is 1.60. The van der Waals surface area contributed by atoms with Gasteiger partial charge in [0.2, 0.25) is 5.95 Å². The molecule has 6 heteroatoms. The summed E-state index contributed by atoms with van der Waals surface area (Å²) in [4.78, 5) is 17.5. The highest BCUT2D eigenvalue weighted by Gasteiger charge is 2.18. The Morgan fingerprint density at radius 2 is 1.68 bits per heavy atom. The van der Waals surface area contributed by atoms with E-state index in [4.69, 9.17) is 4.98 Å². The molecule has 0 atom stereocenters. The topological polar surface area (TPSA) is 50.1 Å². The molecule has 3 aromatic rings. The van der Waals surface area contributed by atoms with Crippen LogP contribution in [0.25, 0.3) is 11.2 Å². The van der Waals surface area contributed by atoms with Crippen LogP contribution in [0, 0.1) is 0 Å². The zero-order valence-electron chi connectivity index (χ0n) is 13.4. The first-order valence-corrected chi connectivity index (χ1v) is 7.17. The van der Waals surface area contributed by atoms with Crippen LogP contribution in [-0.4, -0.2) is 47.7 Å². The van der Waals surface area contributed by atoms with E-state index in [1.807, 2.05) is 56.2 Å². The Morgan fingerprint density at radius 1 is 0.955 bits per heavy atom. The minimum Gasteiger partial charge on any atom is -0.361 e. The number of anilines is 2. The fourth-order valence-electron chi connectivity index (χ4n) is 2.49. The number of fused-ring (bicyclic) bond motifs is 1. The van der Waals surface area contributed by atoms with Crippen LogP contribution in [0.5, 0.6) is 0 Å². The molecule has 0 aliphatic heterocycles. The first-order chi connectivity index (χ1) is 10.6. The summed E-state index contributed by atoms with van der Waals surface area (Å²) >= 11 is 0. The molecule has 22 heavy (non-hydrogen) atoms. The van der Waals surface area contributed by atoms with E-state index in [1.165, 1.54) is 5.56 Å². The van der Waals surface area contributed by atoms with E-state index in [-0.39, 0.29) is 0 Å². The average molecular weight is 296 g/mol. The van der Waals surface area contributed by atoms with Crippen molar-refractivity contribution in [3.63, 3.8) is 0 Å². The predicted octanol–water partition coefficient (Wildman–Crippen LogP) is 2.01. The lowest BCUT2D eigenvalue weighted by Crippen LogP contribution is -2.16. The van der Waals surface area contributed by atoms with E-state index in [1.54, 1.807) is 6.33 Å². The van der Waals surface area contributed by atoms with Crippen LogP contribution in [-0.2, 0) is 6.54 Å². The third kappa shape index (κ3) is 2.47. The smallest absolute Gasteiger partial charge is 0.207 e. The van der Waals surface area contributed by atoms with Crippen molar-refractivity contribution < 1.29 is 0 Å². The summed E-state index contributed by atoms with van der Waals surface area (Å²) in [6, 6.07) is 10.3. The summed E-state index contributed by atoms with van der Waals surface area (Å²) < 4.78 is 2.12. The molecule has 0 saturated heterocycles. The van der Waals surface area contributed by atoms with Crippen molar-refractivity contribution in [3.05, 3.63) is 42.2 Å². The van der Waals surface area contributed by atoms with Gasteiger partial charge in [-0.05, 0) is 5.56 Å². The zero-order chi connectivity index (χ0) is 15.7. The van der Waals surface area contributed by atoms with E-state index in [2.05, 4.69) is 26.7 Å². The lowest BCUT2D eigenvalue weighted by Gasteiger charge is -2.14. The lowest BCUT2D eigenvalue weighted by molar-refractivity contribution is 0.792. The predicted molar refractivity (Wildman–Crippen MR) is 89.5 cm³/mol. The Morgan fingerprint density at radius 3 is 2.32 bits per heavy atom. The molecule has 2 heterocycles. The highest BCUT2D eigenvalue weighted by molar-refractivity contribution is 5.85. The Bertz CT molecular complexity index is 776. The van der Waals surface area contributed by atoms with Crippen LogP contribution in [0.3, 0.4) is 0 Å². The highest BCUT2D eigenvalue weighted by atomic mass is 15.3.